The van der Waals surface area contributed by atoms with Gasteiger partial charge in [-0.3, -0.25) is 0 Å². The fourth-order valence-electron chi connectivity index (χ4n) is 1.36. The van der Waals surface area contributed by atoms with Crippen LogP contribution < -0.4 is 11.1 Å². The molecule has 0 atom stereocenters. The molecule has 0 saturated heterocycles. The lowest BCUT2D eigenvalue weighted by Crippen LogP contribution is -1.99. The zero-order chi connectivity index (χ0) is 12.4. The summed E-state index contributed by atoms with van der Waals surface area (Å²) < 4.78 is 0. The zero-order valence-corrected chi connectivity index (χ0v) is 10.7. The molecule has 2 rings (SSSR count). The lowest BCUT2D eigenvalue weighted by atomic mass is 10.2. The van der Waals surface area contributed by atoms with Gasteiger partial charge in [0.2, 0.25) is 0 Å². The zero-order valence-electron chi connectivity index (χ0n) is 9.17. The molecule has 17 heavy (non-hydrogen) atoms. The van der Waals surface area contributed by atoms with Gasteiger partial charge in [0.1, 0.15) is 0 Å². The standard InChI is InChI=1S/C12H11Cl2N3/c1-7-2-3-8(6-10(7)14)17-12-11(15)9(13)4-5-16-12/h2-6H,15H2,1H3,(H,16,17). The van der Waals surface area contributed by atoms with Gasteiger partial charge in [0.25, 0.3) is 0 Å². The molecule has 5 heteroatoms. The number of pyridine rings is 1. The molecule has 3 nitrogen and oxygen atoms in total. The number of hydrogen-bond acceptors (Lipinski definition) is 3. The molecule has 0 unspecified atom stereocenters. The Morgan fingerprint density at radius 3 is 2.65 bits per heavy atom. The molecule has 1 aromatic carbocycles. The van der Waals surface area contributed by atoms with Gasteiger partial charge < -0.3 is 11.1 Å². The van der Waals surface area contributed by atoms with Crippen molar-refractivity contribution in [2.75, 3.05) is 11.1 Å². The Hall–Kier alpha value is -1.45. The van der Waals surface area contributed by atoms with Crippen molar-refractivity contribution in [2.45, 2.75) is 6.92 Å². The van der Waals surface area contributed by atoms with E-state index in [1.807, 2.05) is 25.1 Å². The van der Waals surface area contributed by atoms with Crippen LogP contribution in [0.4, 0.5) is 17.2 Å². The Labute approximate surface area is 110 Å². The van der Waals surface area contributed by atoms with Crippen LogP contribution in [0, 0.1) is 6.92 Å². The van der Waals surface area contributed by atoms with Gasteiger partial charge in [-0.25, -0.2) is 4.98 Å². The second-order valence-corrected chi connectivity index (χ2v) is 4.46. The molecule has 0 fully saturated rings. The summed E-state index contributed by atoms with van der Waals surface area (Å²) in [6, 6.07) is 7.29. The van der Waals surface area contributed by atoms with E-state index in [4.69, 9.17) is 28.9 Å². The summed E-state index contributed by atoms with van der Waals surface area (Å²) in [6.45, 7) is 1.94. The molecule has 1 aromatic heterocycles. The summed E-state index contributed by atoms with van der Waals surface area (Å²) >= 11 is 11.9. The summed E-state index contributed by atoms with van der Waals surface area (Å²) in [5.74, 6) is 0.525. The Bertz CT molecular complexity index is 555. The first kappa shape index (κ1) is 12.0. The van der Waals surface area contributed by atoms with Crippen molar-refractivity contribution < 1.29 is 0 Å². The number of aryl methyl sites for hydroxylation is 1. The second-order valence-electron chi connectivity index (χ2n) is 3.64. The third kappa shape index (κ3) is 2.62. The first-order valence-corrected chi connectivity index (χ1v) is 5.76. The van der Waals surface area contributed by atoms with Crippen LogP contribution in [-0.4, -0.2) is 4.98 Å². The molecule has 0 bridgehead atoms. The number of anilines is 3. The molecule has 0 aliphatic heterocycles. The highest BCUT2D eigenvalue weighted by molar-refractivity contribution is 6.33. The van der Waals surface area contributed by atoms with Gasteiger partial charge in [-0.05, 0) is 30.7 Å². The predicted molar refractivity (Wildman–Crippen MR) is 73.1 cm³/mol. The SMILES string of the molecule is Cc1ccc(Nc2nccc(Cl)c2N)cc1Cl. The van der Waals surface area contributed by atoms with Gasteiger partial charge in [0, 0.05) is 16.9 Å². The van der Waals surface area contributed by atoms with Crippen LogP contribution in [0.5, 0.6) is 0 Å². The monoisotopic (exact) mass is 267 g/mol. The minimum atomic E-state index is 0.422. The first-order valence-electron chi connectivity index (χ1n) is 5.01. The molecule has 0 amide bonds. The van der Waals surface area contributed by atoms with Gasteiger partial charge in [0.15, 0.2) is 5.82 Å². The van der Waals surface area contributed by atoms with E-state index >= 15 is 0 Å². The number of hydrogen-bond donors (Lipinski definition) is 2. The Morgan fingerprint density at radius 1 is 1.18 bits per heavy atom. The van der Waals surface area contributed by atoms with Gasteiger partial charge in [-0.2, -0.15) is 0 Å². The molecular weight excluding hydrogens is 257 g/mol. The average Bonchev–Trinajstić information content (AvgIpc) is 2.30. The van der Waals surface area contributed by atoms with Crippen molar-refractivity contribution in [1.82, 2.24) is 4.98 Å². The molecule has 88 valence electrons. The fourth-order valence-corrected chi connectivity index (χ4v) is 1.68. The highest BCUT2D eigenvalue weighted by Gasteiger charge is 2.05. The first-order chi connectivity index (χ1) is 8.08. The molecule has 0 saturated carbocycles. The number of rotatable bonds is 2. The van der Waals surface area contributed by atoms with Gasteiger partial charge in [-0.15, -0.1) is 0 Å². The van der Waals surface area contributed by atoms with Gasteiger partial charge >= 0.3 is 0 Å². The third-order valence-electron chi connectivity index (χ3n) is 2.37. The number of nitrogens with one attached hydrogen (secondary N) is 1. The van der Waals surface area contributed by atoms with Crippen LogP contribution in [0.25, 0.3) is 0 Å². The van der Waals surface area contributed by atoms with E-state index in [1.54, 1.807) is 12.3 Å². The Balaban J connectivity index is 2.31. The number of benzene rings is 1. The number of nitrogen functional groups attached to an aromatic ring is 1. The van der Waals surface area contributed by atoms with Crippen molar-refractivity contribution in [3.63, 3.8) is 0 Å². The number of halogens is 2. The Morgan fingerprint density at radius 2 is 1.94 bits per heavy atom. The molecule has 3 N–H and O–H groups in total. The number of aromatic nitrogens is 1. The van der Waals surface area contributed by atoms with Gasteiger partial charge in [-0.1, -0.05) is 29.3 Å². The van der Waals surface area contributed by atoms with Crippen LogP contribution >= 0.6 is 23.2 Å². The topological polar surface area (TPSA) is 50.9 Å². The summed E-state index contributed by atoms with van der Waals surface area (Å²) in [7, 11) is 0. The average molecular weight is 268 g/mol. The lowest BCUT2D eigenvalue weighted by molar-refractivity contribution is 1.31. The van der Waals surface area contributed by atoms with E-state index in [-0.39, 0.29) is 0 Å². The minimum Gasteiger partial charge on any atom is -0.395 e. The van der Waals surface area contributed by atoms with Crippen molar-refractivity contribution in [1.29, 1.82) is 0 Å². The van der Waals surface area contributed by atoms with Crippen LogP contribution in [0.1, 0.15) is 5.56 Å². The minimum absolute atomic E-state index is 0.422. The second kappa shape index (κ2) is 4.82. The smallest absolute Gasteiger partial charge is 0.155 e. The summed E-state index contributed by atoms with van der Waals surface area (Å²) in [6.07, 6.45) is 1.59. The maximum absolute atomic E-state index is 6.03. The molecule has 0 spiro atoms. The number of nitrogens with zero attached hydrogens (tertiary/aromatic N) is 1. The molecule has 0 radical (unpaired) electrons. The maximum atomic E-state index is 6.03. The Kier molecular flexibility index (Phi) is 3.41. The quantitative estimate of drug-likeness (QED) is 0.864. The van der Waals surface area contributed by atoms with E-state index in [9.17, 15) is 0 Å². The van der Waals surface area contributed by atoms with Crippen LogP contribution in [-0.2, 0) is 0 Å². The van der Waals surface area contributed by atoms with Crippen molar-refractivity contribution in [2.24, 2.45) is 0 Å². The molecule has 1 heterocycles. The third-order valence-corrected chi connectivity index (χ3v) is 3.11. The van der Waals surface area contributed by atoms with E-state index in [0.29, 0.717) is 21.6 Å². The van der Waals surface area contributed by atoms with Crippen molar-refractivity contribution in [3.8, 4) is 0 Å². The van der Waals surface area contributed by atoms with Crippen molar-refractivity contribution in [3.05, 3.63) is 46.1 Å². The van der Waals surface area contributed by atoms with Crippen LogP contribution in [0.2, 0.25) is 10.0 Å². The summed E-state index contributed by atoms with van der Waals surface area (Å²) in [5, 5.41) is 4.24. The number of nitrogens with two attached hydrogens (primary N) is 1. The van der Waals surface area contributed by atoms with E-state index in [0.717, 1.165) is 11.3 Å². The maximum Gasteiger partial charge on any atom is 0.155 e. The van der Waals surface area contributed by atoms with Crippen LogP contribution in [0.3, 0.4) is 0 Å². The van der Waals surface area contributed by atoms with E-state index < -0.39 is 0 Å². The molecule has 2 aromatic rings. The summed E-state index contributed by atoms with van der Waals surface area (Å²) in [4.78, 5) is 4.12. The molecule has 0 aliphatic rings. The van der Waals surface area contributed by atoms with E-state index in [2.05, 4.69) is 10.3 Å². The van der Waals surface area contributed by atoms with Gasteiger partial charge in [0.05, 0.1) is 10.7 Å². The van der Waals surface area contributed by atoms with Crippen molar-refractivity contribution >= 4 is 40.4 Å². The van der Waals surface area contributed by atoms with Crippen LogP contribution in [0.15, 0.2) is 30.5 Å². The molecule has 0 aliphatic carbocycles. The summed E-state index contributed by atoms with van der Waals surface area (Å²) in [5.41, 5.74) is 8.07. The lowest BCUT2D eigenvalue weighted by Gasteiger charge is -2.10. The highest BCUT2D eigenvalue weighted by atomic mass is 35.5. The predicted octanol–water partition coefficient (Wildman–Crippen LogP) is 4.02. The fraction of sp³-hybridized carbons (Fsp3) is 0.0833. The largest absolute Gasteiger partial charge is 0.395 e. The normalized spacial score (nSPS) is 10.3. The van der Waals surface area contributed by atoms with E-state index in [1.165, 1.54) is 0 Å². The highest BCUT2D eigenvalue weighted by Crippen LogP contribution is 2.28. The molecular formula is C12H11Cl2N3.